The average Bonchev–Trinajstić information content (AvgIpc) is 2.48. The number of carbonyl (C=O) groups excluding carboxylic acids is 1. The van der Waals surface area contributed by atoms with Gasteiger partial charge in [-0.1, -0.05) is 64.7 Å². The van der Waals surface area contributed by atoms with Crippen LogP contribution in [0.3, 0.4) is 0 Å². The Balaban J connectivity index is -0.00000242. The van der Waals surface area contributed by atoms with Gasteiger partial charge in [0.05, 0.1) is 13.2 Å². The molecular formula is C16H33NaO6S. The van der Waals surface area contributed by atoms with Crippen LogP contribution in [0.4, 0.5) is 0 Å². The molecule has 0 aliphatic carbocycles. The zero-order valence-corrected chi connectivity index (χ0v) is 18.1. The van der Waals surface area contributed by atoms with E-state index in [1.165, 1.54) is 51.4 Å². The average molecular weight is 376 g/mol. The van der Waals surface area contributed by atoms with Crippen LogP contribution < -0.4 is 29.6 Å². The van der Waals surface area contributed by atoms with Crippen LogP contribution in [-0.4, -0.2) is 32.2 Å². The molecule has 0 heterocycles. The molecule has 0 saturated heterocycles. The van der Waals surface area contributed by atoms with E-state index in [0.717, 1.165) is 12.8 Å². The quantitative estimate of drug-likeness (QED) is 0.188. The molecule has 140 valence electrons. The molecule has 0 amide bonds. The summed E-state index contributed by atoms with van der Waals surface area (Å²) in [4.78, 5) is 11.3. The minimum atomic E-state index is -4.41. The van der Waals surface area contributed by atoms with E-state index in [1.807, 2.05) is 0 Å². The summed E-state index contributed by atoms with van der Waals surface area (Å²) in [5, 5.41) is 0. The van der Waals surface area contributed by atoms with Crippen molar-refractivity contribution in [3.05, 3.63) is 0 Å². The van der Waals surface area contributed by atoms with E-state index in [1.54, 1.807) is 0 Å². The second-order valence-electron chi connectivity index (χ2n) is 5.76. The van der Waals surface area contributed by atoms with Crippen molar-refractivity contribution in [1.82, 2.24) is 0 Å². The van der Waals surface area contributed by atoms with Gasteiger partial charge in [-0.05, 0) is 12.8 Å². The third-order valence-corrected chi connectivity index (χ3v) is 3.98. The minimum Gasteiger partial charge on any atom is -1.00 e. The molecule has 0 aliphatic rings. The summed E-state index contributed by atoms with van der Waals surface area (Å²) >= 11 is 0. The topological polar surface area (TPSA) is 89.9 Å². The van der Waals surface area contributed by atoms with Gasteiger partial charge in [0.1, 0.15) is 0 Å². The monoisotopic (exact) mass is 376 g/mol. The van der Waals surface area contributed by atoms with Gasteiger partial charge in [-0.25, -0.2) is 4.18 Å². The van der Waals surface area contributed by atoms with E-state index < -0.39 is 10.4 Å². The summed E-state index contributed by atoms with van der Waals surface area (Å²) in [5.41, 5.74) is 0. The van der Waals surface area contributed by atoms with Crippen molar-refractivity contribution in [2.75, 3.05) is 13.2 Å². The van der Waals surface area contributed by atoms with Crippen LogP contribution in [0.25, 0.3) is 0 Å². The Bertz CT molecular complexity index is 392. The van der Waals surface area contributed by atoms with Gasteiger partial charge in [0.2, 0.25) is 0 Å². The molecule has 0 aromatic heterocycles. The third-order valence-electron chi connectivity index (χ3n) is 3.52. The van der Waals surface area contributed by atoms with E-state index in [2.05, 4.69) is 11.1 Å². The van der Waals surface area contributed by atoms with Crippen molar-refractivity contribution in [2.24, 2.45) is 0 Å². The number of hydrogen-bond acceptors (Lipinski definition) is 5. The van der Waals surface area contributed by atoms with Crippen LogP contribution in [0.1, 0.15) is 85.4 Å². The number of ether oxygens (including phenoxy) is 1. The Hall–Kier alpha value is 0.340. The molecule has 0 fully saturated rings. The van der Waals surface area contributed by atoms with Crippen molar-refractivity contribution >= 4 is 16.4 Å². The number of rotatable bonds is 16. The number of carbonyl (C=O) groups is 1. The van der Waals surface area contributed by atoms with E-state index in [-0.39, 0.29) is 56.4 Å². The maximum absolute atomic E-state index is 11.3. The van der Waals surface area contributed by atoms with Gasteiger partial charge in [0.25, 0.3) is 0 Å². The van der Waals surface area contributed by atoms with Gasteiger partial charge in [0, 0.05) is 6.42 Å². The van der Waals surface area contributed by atoms with Crippen LogP contribution in [0.5, 0.6) is 0 Å². The Kier molecular flexibility index (Phi) is 20.1. The molecule has 0 unspecified atom stereocenters. The van der Waals surface area contributed by atoms with Crippen molar-refractivity contribution in [3.8, 4) is 0 Å². The van der Waals surface area contributed by atoms with Gasteiger partial charge in [-0.3, -0.25) is 9.35 Å². The zero-order valence-electron chi connectivity index (χ0n) is 16.3. The summed E-state index contributed by atoms with van der Waals surface area (Å²) in [6, 6.07) is 0. The second kappa shape index (κ2) is 18.1. The zero-order chi connectivity index (χ0) is 17.4. The second-order valence-corrected chi connectivity index (χ2v) is 6.85. The van der Waals surface area contributed by atoms with E-state index in [4.69, 9.17) is 9.29 Å². The molecule has 6 nitrogen and oxygen atoms in total. The number of hydrogen-bond donors (Lipinski definition) is 1. The molecule has 0 spiro atoms. The van der Waals surface area contributed by atoms with Crippen molar-refractivity contribution in [3.63, 3.8) is 0 Å². The molecule has 0 radical (unpaired) electrons. The van der Waals surface area contributed by atoms with E-state index >= 15 is 0 Å². The Labute approximate surface area is 170 Å². The van der Waals surface area contributed by atoms with E-state index in [0.29, 0.717) is 6.61 Å². The molecule has 1 N–H and O–H groups in total. The first-order valence-corrected chi connectivity index (χ1v) is 10.1. The Morgan fingerprint density at radius 2 is 1.38 bits per heavy atom. The fourth-order valence-corrected chi connectivity index (χ4v) is 2.56. The van der Waals surface area contributed by atoms with Gasteiger partial charge in [0.15, 0.2) is 0 Å². The summed E-state index contributed by atoms with van der Waals surface area (Å²) in [6.07, 6.45) is 12.6. The summed E-state index contributed by atoms with van der Waals surface area (Å²) in [6.45, 7) is 2.42. The predicted octanol–water partition coefficient (Wildman–Crippen LogP) is 1.17. The van der Waals surface area contributed by atoms with Crippen molar-refractivity contribution < 1.29 is 57.7 Å². The summed E-state index contributed by atoms with van der Waals surface area (Å²) in [5.74, 6) is -0.361. The fourth-order valence-electron chi connectivity index (χ4n) is 2.23. The predicted molar refractivity (Wildman–Crippen MR) is 90.6 cm³/mol. The summed E-state index contributed by atoms with van der Waals surface area (Å²) < 4.78 is 38.0. The summed E-state index contributed by atoms with van der Waals surface area (Å²) in [7, 11) is -4.41. The molecule has 0 rings (SSSR count). The maximum Gasteiger partial charge on any atom is 1.00 e. The Morgan fingerprint density at radius 1 is 0.875 bits per heavy atom. The molecule has 24 heavy (non-hydrogen) atoms. The van der Waals surface area contributed by atoms with Crippen LogP contribution in [0, 0.1) is 0 Å². The Morgan fingerprint density at radius 3 is 1.88 bits per heavy atom. The van der Waals surface area contributed by atoms with Gasteiger partial charge in [-0.15, -0.1) is 0 Å². The van der Waals surface area contributed by atoms with Gasteiger partial charge >= 0.3 is 45.9 Å². The first kappa shape index (κ1) is 26.6. The molecule has 0 aliphatic heterocycles. The largest absolute Gasteiger partial charge is 1.00 e. The van der Waals surface area contributed by atoms with Crippen LogP contribution >= 0.6 is 0 Å². The van der Waals surface area contributed by atoms with Crippen LogP contribution in [0.15, 0.2) is 0 Å². The van der Waals surface area contributed by atoms with Crippen LogP contribution in [-0.2, 0) is 24.1 Å². The van der Waals surface area contributed by atoms with Gasteiger partial charge < -0.3 is 6.16 Å². The maximum atomic E-state index is 11.3. The normalized spacial score (nSPS) is 11.1. The number of unbranched alkanes of at least 4 members (excludes halogenated alkanes) is 9. The standard InChI is InChI=1S/C16H32O6S.Na.H/c1-2-3-4-5-6-7-8-9-10-11-14-21-16(17)13-12-15-22-23(18,19)20;;/h2-15H2,1H3,(H,18,19,20);;/q;+1;-1. The smallest absolute Gasteiger partial charge is 1.00 e. The molecule has 0 saturated carbocycles. The fraction of sp³-hybridized carbons (Fsp3) is 0.938. The molecule has 0 atom stereocenters. The minimum absolute atomic E-state index is 0. The molecule has 0 aromatic carbocycles. The molecular weight excluding hydrogens is 343 g/mol. The third kappa shape index (κ3) is 22.3. The number of esters is 1. The van der Waals surface area contributed by atoms with Crippen molar-refractivity contribution in [1.29, 1.82) is 0 Å². The van der Waals surface area contributed by atoms with Crippen LogP contribution in [0.2, 0.25) is 0 Å². The van der Waals surface area contributed by atoms with Gasteiger partial charge in [-0.2, -0.15) is 8.42 Å². The molecule has 0 aromatic rings. The van der Waals surface area contributed by atoms with E-state index in [9.17, 15) is 13.2 Å². The molecule has 8 heteroatoms. The molecule has 0 bridgehead atoms. The SMILES string of the molecule is CCCCCCCCCCCCOC(=O)CCCOS(=O)(=O)O.[H-].[Na+]. The van der Waals surface area contributed by atoms with Crippen molar-refractivity contribution in [2.45, 2.75) is 84.0 Å². The first-order valence-electron chi connectivity index (χ1n) is 8.73. The first-order chi connectivity index (χ1) is 11.0.